The van der Waals surface area contributed by atoms with Gasteiger partial charge in [-0.2, -0.15) is 12.6 Å². The Hall–Kier alpha value is -1.34. The minimum Gasteiger partial charge on any atom is -0.480 e. The molecule has 0 spiro atoms. The van der Waals surface area contributed by atoms with E-state index < -0.39 is 12.0 Å². The summed E-state index contributed by atoms with van der Waals surface area (Å²) in [4.78, 5) is 29.8. The molecule has 7 heteroatoms. The van der Waals surface area contributed by atoms with E-state index in [4.69, 9.17) is 10.8 Å². The zero-order chi connectivity index (χ0) is 11.1. The monoisotopic (exact) mass is 218 g/mol. The number of imide groups is 1. The summed E-state index contributed by atoms with van der Waals surface area (Å²) in [7, 11) is 0. The van der Waals surface area contributed by atoms with E-state index in [0.717, 1.165) is 0 Å². The van der Waals surface area contributed by atoms with Gasteiger partial charge in [0, 0.05) is 17.9 Å². The number of hydrogen-bond donors (Lipinski definition) is 4. The smallest absolute Gasteiger partial charge is 0.321 e. The predicted octanol–water partition coefficient (Wildman–Crippen LogP) is -1.47. The van der Waals surface area contributed by atoms with Gasteiger partial charge in [-0.3, -0.25) is 19.7 Å². The average molecular weight is 218 g/mol. The van der Waals surface area contributed by atoms with Crippen molar-refractivity contribution >= 4 is 30.4 Å². The minimum atomic E-state index is -1.00. The third kappa shape index (κ3) is 5.33. The molecule has 0 aliphatic carbocycles. The second-order valence-electron chi connectivity index (χ2n) is 2.31. The Balaban J connectivity index is 0.000000241. The topological polar surface area (TPSA) is 109 Å². The van der Waals surface area contributed by atoms with Gasteiger partial charge in [0.15, 0.2) is 0 Å². The van der Waals surface area contributed by atoms with Gasteiger partial charge in [0.2, 0.25) is 0 Å². The zero-order valence-corrected chi connectivity index (χ0v) is 8.03. The number of amides is 2. The van der Waals surface area contributed by atoms with E-state index in [0.29, 0.717) is 0 Å². The van der Waals surface area contributed by atoms with Crippen molar-refractivity contribution in [3.05, 3.63) is 12.2 Å². The Labute approximate surface area is 85.6 Å². The van der Waals surface area contributed by atoms with E-state index in [9.17, 15) is 14.4 Å². The summed E-state index contributed by atoms with van der Waals surface area (Å²) in [6.07, 6.45) is 2.39. The second kappa shape index (κ2) is 6.17. The van der Waals surface area contributed by atoms with Crippen LogP contribution in [-0.4, -0.2) is 34.7 Å². The van der Waals surface area contributed by atoms with Gasteiger partial charge < -0.3 is 10.8 Å². The normalized spacial score (nSPS) is 15.6. The number of hydrogen-bond acceptors (Lipinski definition) is 5. The van der Waals surface area contributed by atoms with Crippen LogP contribution in [-0.2, 0) is 14.4 Å². The van der Waals surface area contributed by atoms with Gasteiger partial charge in [-0.15, -0.1) is 0 Å². The molecule has 2 amide bonds. The van der Waals surface area contributed by atoms with E-state index >= 15 is 0 Å². The quantitative estimate of drug-likeness (QED) is 0.334. The molecule has 0 fully saturated rings. The summed E-state index contributed by atoms with van der Waals surface area (Å²) in [5, 5.41) is 10.0. The van der Waals surface area contributed by atoms with Crippen LogP contribution in [0.4, 0.5) is 0 Å². The zero-order valence-electron chi connectivity index (χ0n) is 7.14. The maximum absolute atomic E-state index is 10.0. The molecule has 1 atom stereocenters. The third-order valence-electron chi connectivity index (χ3n) is 1.15. The Morgan fingerprint density at radius 1 is 1.50 bits per heavy atom. The Morgan fingerprint density at radius 3 is 2.00 bits per heavy atom. The summed E-state index contributed by atoms with van der Waals surface area (Å²) in [6.45, 7) is 0. The molecule has 0 saturated carbocycles. The predicted molar refractivity (Wildman–Crippen MR) is 51.8 cm³/mol. The van der Waals surface area contributed by atoms with Gasteiger partial charge >= 0.3 is 5.97 Å². The summed E-state index contributed by atoms with van der Waals surface area (Å²) in [5.74, 6) is -1.47. The van der Waals surface area contributed by atoms with Crippen LogP contribution >= 0.6 is 12.6 Å². The molecule has 1 aliphatic heterocycles. The molecule has 78 valence electrons. The standard InChI is InChI=1S/C4H3NO2.C3H7NO2S/c6-3-1-2-4(7)5-3;4-2(1-7)3(5)6/h1-2H,(H,5,6,7);2,7H,1,4H2,(H,5,6). The summed E-state index contributed by atoms with van der Waals surface area (Å²) in [6, 6.07) is -0.816. The summed E-state index contributed by atoms with van der Waals surface area (Å²) < 4.78 is 0. The maximum Gasteiger partial charge on any atom is 0.321 e. The molecule has 0 bridgehead atoms. The van der Waals surface area contributed by atoms with Crippen molar-refractivity contribution in [2.75, 3.05) is 5.75 Å². The first kappa shape index (κ1) is 12.7. The molecule has 0 radical (unpaired) electrons. The van der Waals surface area contributed by atoms with Crippen LogP contribution in [0.5, 0.6) is 0 Å². The molecule has 0 aromatic rings. The fourth-order valence-corrected chi connectivity index (χ4v) is 0.590. The van der Waals surface area contributed by atoms with Crippen LogP contribution in [0.3, 0.4) is 0 Å². The number of thiol groups is 1. The van der Waals surface area contributed by atoms with Crippen molar-refractivity contribution in [3.63, 3.8) is 0 Å². The van der Waals surface area contributed by atoms with Crippen molar-refractivity contribution in [2.24, 2.45) is 5.73 Å². The van der Waals surface area contributed by atoms with Crippen molar-refractivity contribution in [1.29, 1.82) is 0 Å². The third-order valence-corrected chi connectivity index (χ3v) is 1.54. The molecular formula is C7H10N2O4S. The Morgan fingerprint density at radius 2 is 1.93 bits per heavy atom. The highest BCUT2D eigenvalue weighted by molar-refractivity contribution is 7.80. The fourth-order valence-electron chi connectivity index (χ4n) is 0.434. The van der Waals surface area contributed by atoms with Crippen LogP contribution in [0.25, 0.3) is 0 Å². The van der Waals surface area contributed by atoms with Crippen LogP contribution in [0.15, 0.2) is 12.2 Å². The Bertz CT molecular complexity index is 261. The largest absolute Gasteiger partial charge is 0.480 e. The number of rotatable bonds is 2. The van der Waals surface area contributed by atoms with Crippen LogP contribution in [0.2, 0.25) is 0 Å². The first-order valence-electron chi connectivity index (χ1n) is 3.59. The molecular weight excluding hydrogens is 208 g/mol. The lowest BCUT2D eigenvalue weighted by atomic mass is 10.4. The number of carboxylic acid groups (broad SMARTS) is 1. The molecule has 0 aromatic heterocycles. The van der Waals surface area contributed by atoms with Crippen molar-refractivity contribution < 1.29 is 19.5 Å². The number of nitrogens with one attached hydrogen (secondary N) is 1. The number of nitrogens with two attached hydrogens (primary N) is 1. The first-order chi connectivity index (χ1) is 6.47. The number of aliphatic carboxylic acids is 1. The molecule has 6 nitrogen and oxygen atoms in total. The highest BCUT2D eigenvalue weighted by atomic mass is 32.1. The van der Waals surface area contributed by atoms with E-state index in [-0.39, 0.29) is 17.6 Å². The molecule has 1 heterocycles. The van der Waals surface area contributed by atoms with E-state index in [1.54, 1.807) is 0 Å². The van der Waals surface area contributed by atoms with Gasteiger partial charge in [0.1, 0.15) is 6.04 Å². The minimum absolute atomic E-state index is 0.190. The molecule has 1 aliphatic rings. The van der Waals surface area contributed by atoms with Crippen LogP contribution in [0, 0.1) is 0 Å². The molecule has 1 unspecified atom stereocenters. The van der Waals surface area contributed by atoms with E-state index in [2.05, 4.69) is 12.6 Å². The number of carboxylic acids is 1. The van der Waals surface area contributed by atoms with Crippen molar-refractivity contribution in [1.82, 2.24) is 5.32 Å². The van der Waals surface area contributed by atoms with Crippen LogP contribution in [0.1, 0.15) is 0 Å². The summed E-state index contributed by atoms with van der Waals surface area (Å²) in [5.41, 5.74) is 4.94. The van der Waals surface area contributed by atoms with Gasteiger partial charge in [-0.05, 0) is 0 Å². The lowest BCUT2D eigenvalue weighted by molar-refractivity contribution is -0.138. The van der Waals surface area contributed by atoms with Crippen molar-refractivity contribution in [2.45, 2.75) is 6.04 Å². The van der Waals surface area contributed by atoms with Gasteiger partial charge in [-0.25, -0.2) is 0 Å². The molecule has 4 N–H and O–H groups in total. The van der Waals surface area contributed by atoms with Gasteiger partial charge in [0.05, 0.1) is 0 Å². The highest BCUT2D eigenvalue weighted by Crippen LogP contribution is 1.82. The lowest BCUT2D eigenvalue weighted by Crippen LogP contribution is -2.31. The maximum atomic E-state index is 10.0. The first-order valence-corrected chi connectivity index (χ1v) is 4.23. The number of carbonyl (C=O) groups is 3. The average Bonchev–Trinajstić information content (AvgIpc) is 2.49. The lowest BCUT2D eigenvalue weighted by Gasteiger charge is -1.96. The second-order valence-corrected chi connectivity index (χ2v) is 2.68. The summed E-state index contributed by atoms with van der Waals surface area (Å²) >= 11 is 3.65. The van der Waals surface area contributed by atoms with Crippen LogP contribution < -0.4 is 11.1 Å². The molecule has 1 rings (SSSR count). The number of carbonyl (C=O) groups excluding carboxylic acids is 2. The van der Waals surface area contributed by atoms with Gasteiger partial charge in [0.25, 0.3) is 11.8 Å². The molecule has 0 aromatic carbocycles. The van der Waals surface area contributed by atoms with Gasteiger partial charge in [-0.1, -0.05) is 0 Å². The van der Waals surface area contributed by atoms with E-state index in [1.807, 2.05) is 5.32 Å². The highest BCUT2D eigenvalue weighted by Gasteiger charge is 2.07. The fraction of sp³-hybridized carbons (Fsp3) is 0.286. The van der Waals surface area contributed by atoms with E-state index in [1.165, 1.54) is 12.2 Å². The SMILES string of the molecule is NC(CS)C(=O)O.O=C1C=CC(=O)N1. The molecule has 0 saturated heterocycles. The van der Waals surface area contributed by atoms with Crippen molar-refractivity contribution in [3.8, 4) is 0 Å². The molecule has 14 heavy (non-hydrogen) atoms. The Kier molecular flexibility index (Phi) is 5.58.